The third kappa shape index (κ3) is 3.28. The molecule has 22 heavy (non-hydrogen) atoms. The molecule has 2 atom stereocenters. The molecule has 116 valence electrons. The van der Waals surface area contributed by atoms with E-state index in [0.29, 0.717) is 10.8 Å². The van der Waals surface area contributed by atoms with E-state index in [2.05, 4.69) is 15.6 Å². The number of oxazole rings is 1. The predicted molar refractivity (Wildman–Crippen MR) is 80.1 cm³/mol. The van der Waals surface area contributed by atoms with E-state index in [1.807, 2.05) is 6.07 Å². The molecular formula is C15H15ClFN3O2. The largest absolute Gasteiger partial charge is 0.444 e. The Morgan fingerprint density at radius 2 is 2.41 bits per heavy atom. The number of halogens is 2. The van der Waals surface area contributed by atoms with Gasteiger partial charge in [0.15, 0.2) is 12.2 Å². The maximum atomic E-state index is 13.1. The van der Waals surface area contributed by atoms with Gasteiger partial charge in [-0.1, -0.05) is 11.6 Å². The van der Waals surface area contributed by atoms with Gasteiger partial charge < -0.3 is 15.1 Å². The van der Waals surface area contributed by atoms with Crippen molar-refractivity contribution in [2.24, 2.45) is 0 Å². The lowest BCUT2D eigenvalue weighted by molar-refractivity contribution is -0.123. The number of alkyl halides is 1. The summed E-state index contributed by atoms with van der Waals surface area (Å²) in [7, 11) is 0. The first-order valence-corrected chi connectivity index (χ1v) is 7.33. The van der Waals surface area contributed by atoms with Crippen LogP contribution in [0, 0.1) is 0 Å². The molecule has 0 bridgehead atoms. The highest BCUT2D eigenvalue weighted by atomic mass is 35.5. The molecule has 5 nitrogen and oxygen atoms in total. The van der Waals surface area contributed by atoms with E-state index < -0.39 is 12.2 Å². The van der Waals surface area contributed by atoms with Crippen LogP contribution in [-0.4, -0.2) is 29.6 Å². The average molecular weight is 324 g/mol. The van der Waals surface area contributed by atoms with Crippen LogP contribution in [0.15, 0.2) is 35.2 Å². The normalized spacial score (nSPS) is 21.0. The molecule has 3 rings (SSSR count). The third-order valence-corrected chi connectivity index (χ3v) is 3.85. The minimum Gasteiger partial charge on any atom is -0.444 e. The highest BCUT2D eigenvalue weighted by Gasteiger charge is 2.29. The standard InChI is InChI=1S/C15H15ClFN3O2/c16-10-1-2-12(14-7-18-8-22-14)9(3-10)5-20-15(21)13-4-11(17)6-19-13/h1-3,7-8,11,13,19H,4-6H2,(H,20,21)/t11-,13+/m1/s1. The van der Waals surface area contributed by atoms with Crippen LogP contribution in [0.3, 0.4) is 0 Å². The van der Waals surface area contributed by atoms with Crippen LogP contribution in [0.5, 0.6) is 0 Å². The number of nitrogens with zero attached hydrogens (tertiary/aromatic N) is 1. The molecule has 2 N–H and O–H groups in total. The van der Waals surface area contributed by atoms with Crippen molar-refractivity contribution in [3.05, 3.63) is 41.4 Å². The van der Waals surface area contributed by atoms with Gasteiger partial charge in [0.2, 0.25) is 5.91 Å². The van der Waals surface area contributed by atoms with Gasteiger partial charge in [-0.3, -0.25) is 4.79 Å². The lowest BCUT2D eigenvalue weighted by atomic mass is 10.1. The van der Waals surface area contributed by atoms with Crippen LogP contribution in [0.1, 0.15) is 12.0 Å². The molecule has 0 radical (unpaired) electrons. The Morgan fingerprint density at radius 3 is 3.09 bits per heavy atom. The Balaban J connectivity index is 1.72. The van der Waals surface area contributed by atoms with Gasteiger partial charge in [-0.15, -0.1) is 0 Å². The summed E-state index contributed by atoms with van der Waals surface area (Å²) in [6, 6.07) is 4.84. The second-order valence-corrected chi connectivity index (χ2v) is 5.62. The predicted octanol–water partition coefficient (Wildman–Crippen LogP) is 2.31. The molecule has 1 saturated heterocycles. The van der Waals surface area contributed by atoms with Crippen LogP contribution < -0.4 is 10.6 Å². The molecule has 0 unspecified atom stereocenters. The Kier molecular flexibility index (Phi) is 4.40. The minimum absolute atomic E-state index is 0.205. The van der Waals surface area contributed by atoms with Crippen molar-refractivity contribution in [2.45, 2.75) is 25.2 Å². The summed E-state index contributed by atoms with van der Waals surface area (Å²) in [6.07, 6.45) is 2.18. The fourth-order valence-corrected chi connectivity index (χ4v) is 2.69. The van der Waals surface area contributed by atoms with E-state index in [9.17, 15) is 9.18 Å². The minimum atomic E-state index is -0.966. The Hall–Kier alpha value is -1.92. The van der Waals surface area contributed by atoms with E-state index in [4.69, 9.17) is 16.0 Å². The molecule has 7 heteroatoms. The lowest BCUT2D eigenvalue weighted by Gasteiger charge is -2.13. The van der Waals surface area contributed by atoms with Crippen LogP contribution in [0.2, 0.25) is 5.02 Å². The zero-order valence-electron chi connectivity index (χ0n) is 11.7. The van der Waals surface area contributed by atoms with Gasteiger partial charge in [0.25, 0.3) is 0 Å². The molecule has 1 aromatic heterocycles. The molecule has 0 saturated carbocycles. The van der Waals surface area contributed by atoms with Crippen molar-refractivity contribution in [1.29, 1.82) is 0 Å². The first-order valence-electron chi connectivity index (χ1n) is 6.96. The SMILES string of the molecule is O=C(NCc1cc(Cl)ccc1-c1cnco1)[C@@H]1C[C@@H](F)CN1. The zero-order chi connectivity index (χ0) is 15.5. The smallest absolute Gasteiger partial charge is 0.237 e. The fraction of sp³-hybridized carbons (Fsp3) is 0.333. The summed E-state index contributed by atoms with van der Waals surface area (Å²) in [5, 5.41) is 6.22. The van der Waals surface area contributed by atoms with E-state index in [1.54, 1.807) is 18.3 Å². The maximum absolute atomic E-state index is 13.1. The van der Waals surface area contributed by atoms with Crippen molar-refractivity contribution in [3.63, 3.8) is 0 Å². The van der Waals surface area contributed by atoms with E-state index >= 15 is 0 Å². The number of rotatable bonds is 4. The third-order valence-electron chi connectivity index (χ3n) is 3.61. The van der Waals surface area contributed by atoms with E-state index in [-0.39, 0.29) is 25.4 Å². The molecule has 1 aliphatic rings. The van der Waals surface area contributed by atoms with Gasteiger partial charge in [-0.05, 0) is 23.8 Å². The summed E-state index contributed by atoms with van der Waals surface area (Å²) >= 11 is 6.02. The van der Waals surface area contributed by atoms with Crippen molar-refractivity contribution < 1.29 is 13.6 Å². The fourth-order valence-electron chi connectivity index (χ4n) is 2.50. The first kappa shape index (κ1) is 15.0. The van der Waals surface area contributed by atoms with Crippen molar-refractivity contribution in [2.75, 3.05) is 6.54 Å². The topological polar surface area (TPSA) is 67.2 Å². The van der Waals surface area contributed by atoms with Gasteiger partial charge in [0.05, 0.1) is 12.2 Å². The van der Waals surface area contributed by atoms with Gasteiger partial charge in [0, 0.05) is 30.1 Å². The van der Waals surface area contributed by atoms with E-state index in [1.165, 1.54) is 6.39 Å². The number of amides is 1. The number of aromatic nitrogens is 1. The second kappa shape index (κ2) is 6.46. The maximum Gasteiger partial charge on any atom is 0.237 e. The quantitative estimate of drug-likeness (QED) is 0.906. The number of carbonyl (C=O) groups is 1. The van der Waals surface area contributed by atoms with Crippen LogP contribution in [0.4, 0.5) is 4.39 Å². The Bertz CT molecular complexity index is 663. The molecular weight excluding hydrogens is 309 g/mol. The summed E-state index contributed by atoms with van der Waals surface area (Å²) in [5.74, 6) is 0.382. The van der Waals surface area contributed by atoms with Crippen LogP contribution >= 0.6 is 11.6 Å². The number of nitrogens with one attached hydrogen (secondary N) is 2. The van der Waals surface area contributed by atoms with Crippen molar-refractivity contribution >= 4 is 17.5 Å². The number of carbonyl (C=O) groups excluding carboxylic acids is 1. The van der Waals surface area contributed by atoms with Crippen molar-refractivity contribution in [3.8, 4) is 11.3 Å². The molecule has 0 spiro atoms. The van der Waals surface area contributed by atoms with Gasteiger partial charge in [-0.25, -0.2) is 9.37 Å². The monoisotopic (exact) mass is 323 g/mol. The number of hydrogen-bond acceptors (Lipinski definition) is 4. The van der Waals surface area contributed by atoms with E-state index in [0.717, 1.165) is 11.1 Å². The molecule has 1 amide bonds. The summed E-state index contributed by atoms with van der Waals surface area (Å²) < 4.78 is 18.4. The first-order chi connectivity index (χ1) is 10.6. The molecule has 1 aromatic carbocycles. The Morgan fingerprint density at radius 1 is 1.55 bits per heavy atom. The molecule has 2 aromatic rings. The summed E-state index contributed by atoms with van der Waals surface area (Å²) in [5.41, 5.74) is 1.62. The van der Waals surface area contributed by atoms with Crippen molar-refractivity contribution in [1.82, 2.24) is 15.6 Å². The van der Waals surface area contributed by atoms with Crippen LogP contribution in [-0.2, 0) is 11.3 Å². The molecule has 1 fully saturated rings. The zero-order valence-corrected chi connectivity index (χ0v) is 12.4. The molecule has 1 aliphatic heterocycles. The van der Waals surface area contributed by atoms with Gasteiger partial charge >= 0.3 is 0 Å². The number of hydrogen-bond donors (Lipinski definition) is 2. The highest BCUT2D eigenvalue weighted by Crippen LogP contribution is 2.26. The molecule has 2 heterocycles. The molecule has 0 aliphatic carbocycles. The summed E-state index contributed by atoms with van der Waals surface area (Å²) in [4.78, 5) is 15.9. The Labute approximate surface area is 131 Å². The highest BCUT2D eigenvalue weighted by molar-refractivity contribution is 6.30. The average Bonchev–Trinajstić information content (AvgIpc) is 3.16. The van der Waals surface area contributed by atoms with Gasteiger partial charge in [-0.2, -0.15) is 0 Å². The number of benzene rings is 1. The lowest BCUT2D eigenvalue weighted by Crippen LogP contribution is -2.40. The van der Waals surface area contributed by atoms with Gasteiger partial charge in [0.1, 0.15) is 6.17 Å². The second-order valence-electron chi connectivity index (χ2n) is 5.18. The van der Waals surface area contributed by atoms with Crippen LogP contribution in [0.25, 0.3) is 11.3 Å². The summed E-state index contributed by atoms with van der Waals surface area (Å²) in [6.45, 7) is 0.503.